The van der Waals surface area contributed by atoms with E-state index in [2.05, 4.69) is 4.98 Å². The molecule has 8 nitrogen and oxygen atoms in total. The number of piperidine rings is 1. The van der Waals surface area contributed by atoms with Crippen molar-refractivity contribution < 1.29 is 14.3 Å². The molecule has 31 heavy (non-hydrogen) atoms. The van der Waals surface area contributed by atoms with Crippen molar-refractivity contribution in [3.05, 3.63) is 62.8 Å². The van der Waals surface area contributed by atoms with E-state index < -0.39 is 0 Å². The molecule has 8 heteroatoms. The molecular weight excluding hydrogens is 396 g/mol. The Labute approximate surface area is 181 Å². The number of likely N-dealkylation sites (tertiary alicyclic amines) is 1. The molecule has 0 spiro atoms. The summed E-state index contributed by atoms with van der Waals surface area (Å²) in [4.78, 5) is 49.3. The van der Waals surface area contributed by atoms with Gasteiger partial charge in [0.15, 0.2) is 0 Å². The van der Waals surface area contributed by atoms with E-state index in [1.54, 1.807) is 4.90 Å². The Morgan fingerprint density at radius 1 is 1.19 bits per heavy atom. The second-order valence-electron chi connectivity index (χ2n) is 8.25. The Morgan fingerprint density at radius 3 is 2.71 bits per heavy atom. The van der Waals surface area contributed by atoms with Crippen molar-refractivity contribution in [2.75, 3.05) is 26.8 Å². The van der Waals surface area contributed by atoms with Crippen molar-refractivity contribution in [3.63, 3.8) is 0 Å². The zero-order valence-electron chi connectivity index (χ0n) is 18.0. The van der Waals surface area contributed by atoms with E-state index in [0.29, 0.717) is 42.2 Å². The van der Waals surface area contributed by atoms with Crippen molar-refractivity contribution in [1.29, 1.82) is 0 Å². The number of hydrogen-bond acceptors (Lipinski definition) is 5. The predicted octanol–water partition coefficient (Wildman–Crippen LogP) is 1.98. The summed E-state index contributed by atoms with van der Waals surface area (Å²) in [6.07, 6.45) is 3.18. The molecule has 0 aliphatic carbocycles. The van der Waals surface area contributed by atoms with Crippen LogP contribution in [0.3, 0.4) is 0 Å². The van der Waals surface area contributed by atoms with Crippen LogP contribution in [0, 0.1) is 6.92 Å². The van der Waals surface area contributed by atoms with Crippen LogP contribution in [-0.4, -0.2) is 58.4 Å². The number of H-pyrrole nitrogens is 1. The maximum atomic E-state index is 13.2. The second-order valence-corrected chi connectivity index (χ2v) is 8.25. The highest BCUT2D eigenvalue weighted by Gasteiger charge is 2.32. The maximum Gasteiger partial charge on any atom is 0.256 e. The molecule has 1 aromatic heterocycles. The molecule has 1 atom stereocenters. The van der Waals surface area contributed by atoms with Gasteiger partial charge in [-0.1, -0.05) is 17.7 Å². The normalized spacial score (nSPS) is 18.6. The predicted molar refractivity (Wildman–Crippen MR) is 115 cm³/mol. The Balaban J connectivity index is 1.60. The van der Waals surface area contributed by atoms with Gasteiger partial charge in [0.25, 0.3) is 11.5 Å². The lowest BCUT2D eigenvalue weighted by molar-refractivity contribution is -0.136. The van der Waals surface area contributed by atoms with Crippen molar-refractivity contribution in [3.8, 4) is 0 Å². The van der Waals surface area contributed by atoms with Gasteiger partial charge in [-0.3, -0.25) is 14.4 Å². The highest BCUT2D eigenvalue weighted by Crippen LogP contribution is 2.30. The van der Waals surface area contributed by atoms with E-state index in [4.69, 9.17) is 9.72 Å². The summed E-state index contributed by atoms with van der Waals surface area (Å²) in [5, 5.41) is 0. The average Bonchev–Trinajstić information content (AvgIpc) is 2.79. The first-order chi connectivity index (χ1) is 15.0. The summed E-state index contributed by atoms with van der Waals surface area (Å²) in [6.45, 7) is 3.36. The molecule has 2 aliphatic rings. The Hall–Kier alpha value is -3.00. The van der Waals surface area contributed by atoms with E-state index in [9.17, 15) is 14.4 Å². The summed E-state index contributed by atoms with van der Waals surface area (Å²) in [7, 11) is 1.48. The Kier molecular flexibility index (Phi) is 6.18. The van der Waals surface area contributed by atoms with Crippen molar-refractivity contribution in [2.24, 2.45) is 0 Å². The molecule has 0 bridgehead atoms. The van der Waals surface area contributed by atoms with Gasteiger partial charge in [0, 0.05) is 32.2 Å². The fourth-order valence-electron chi connectivity index (χ4n) is 4.35. The van der Waals surface area contributed by atoms with Gasteiger partial charge >= 0.3 is 0 Å². The molecule has 164 valence electrons. The second kappa shape index (κ2) is 9.01. The van der Waals surface area contributed by atoms with Crippen LogP contribution in [-0.2, 0) is 22.5 Å². The number of nitrogens with zero attached hydrogens (tertiary/aromatic N) is 3. The van der Waals surface area contributed by atoms with Crippen molar-refractivity contribution in [2.45, 2.75) is 45.2 Å². The monoisotopic (exact) mass is 424 g/mol. The summed E-state index contributed by atoms with van der Waals surface area (Å²) >= 11 is 0. The molecule has 3 heterocycles. The van der Waals surface area contributed by atoms with Crippen molar-refractivity contribution in [1.82, 2.24) is 19.8 Å². The lowest BCUT2D eigenvalue weighted by atomic mass is 9.99. The molecule has 2 aromatic rings. The first kappa shape index (κ1) is 21.2. The van der Waals surface area contributed by atoms with Gasteiger partial charge in [0.2, 0.25) is 5.91 Å². The zero-order valence-corrected chi connectivity index (χ0v) is 18.0. The summed E-state index contributed by atoms with van der Waals surface area (Å²) in [5.41, 5.74) is 2.75. The SMILES string of the molecule is COCC(=O)N1CCc2nc(C3CCCCN3C(=O)c3ccc(C)cc3)[nH]c(=O)c2C1. The quantitative estimate of drug-likeness (QED) is 0.810. The minimum absolute atomic E-state index is 0.00307. The van der Waals surface area contributed by atoms with Crippen LogP contribution in [0.25, 0.3) is 0 Å². The van der Waals surface area contributed by atoms with E-state index in [-0.39, 0.29) is 36.6 Å². The van der Waals surface area contributed by atoms with Gasteiger partial charge in [-0.05, 0) is 38.3 Å². The summed E-state index contributed by atoms with van der Waals surface area (Å²) in [5.74, 6) is 0.362. The van der Waals surface area contributed by atoms with Gasteiger partial charge in [0.1, 0.15) is 12.4 Å². The third-order valence-corrected chi connectivity index (χ3v) is 6.09. The number of aryl methyl sites for hydroxylation is 1. The van der Waals surface area contributed by atoms with Crippen LogP contribution in [0.5, 0.6) is 0 Å². The maximum absolute atomic E-state index is 13.2. The average molecular weight is 425 g/mol. The number of aromatic nitrogens is 2. The number of methoxy groups -OCH3 is 1. The topological polar surface area (TPSA) is 95.6 Å². The number of ether oxygens (including phenoxy) is 1. The van der Waals surface area contributed by atoms with Crippen LogP contribution < -0.4 is 5.56 Å². The Morgan fingerprint density at radius 2 is 1.97 bits per heavy atom. The molecule has 1 aromatic carbocycles. The number of carbonyl (C=O) groups is 2. The number of nitrogens with one attached hydrogen (secondary N) is 1. The molecule has 1 N–H and O–H groups in total. The van der Waals surface area contributed by atoms with E-state index >= 15 is 0 Å². The van der Waals surface area contributed by atoms with Gasteiger partial charge in [-0.25, -0.2) is 4.98 Å². The zero-order chi connectivity index (χ0) is 22.0. The van der Waals surface area contributed by atoms with Crippen LogP contribution >= 0.6 is 0 Å². The summed E-state index contributed by atoms with van der Waals surface area (Å²) in [6, 6.07) is 7.30. The molecule has 2 aliphatic heterocycles. The number of carbonyl (C=O) groups excluding carboxylic acids is 2. The number of fused-ring (bicyclic) bond motifs is 1. The first-order valence-corrected chi connectivity index (χ1v) is 10.7. The molecule has 0 radical (unpaired) electrons. The lowest BCUT2D eigenvalue weighted by Crippen LogP contribution is -2.43. The molecule has 1 saturated heterocycles. The largest absolute Gasteiger partial charge is 0.375 e. The molecular formula is C23H28N4O4. The number of rotatable bonds is 4. The smallest absolute Gasteiger partial charge is 0.256 e. The van der Waals surface area contributed by atoms with Crippen LogP contribution in [0.2, 0.25) is 0 Å². The van der Waals surface area contributed by atoms with E-state index in [0.717, 1.165) is 24.8 Å². The third kappa shape index (κ3) is 4.39. The molecule has 0 saturated carbocycles. The summed E-state index contributed by atoms with van der Waals surface area (Å²) < 4.78 is 4.92. The standard InChI is InChI=1S/C23H28N4O4/c1-15-6-8-16(9-7-15)23(30)27-11-4-3-5-19(27)21-24-18-10-12-26(20(28)14-31-2)13-17(18)22(29)25-21/h6-9,19H,3-5,10-14H2,1-2H3,(H,24,25,29). The lowest BCUT2D eigenvalue weighted by Gasteiger charge is -2.36. The first-order valence-electron chi connectivity index (χ1n) is 10.7. The molecule has 1 unspecified atom stereocenters. The fraction of sp³-hybridized carbons (Fsp3) is 0.478. The van der Waals surface area contributed by atoms with Crippen LogP contribution in [0.1, 0.15) is 58.3 Å². The number of amides is 2. The highest BCUT2D eigenvalue weighted by atomic mass is 16.5. The number of benzene rings is 1. The number of aromatic amines is 1. The van der Waals surface area contributed by atoms with Crippen LogP contribution in [0.15, 0.2) is 29.1 Å². The molecule has 2 amide bonds. The van der Waals surface area contributed by atoms with Crippen LogP contribution in [0.4, 0.5) is 0 Å². The van der Waals surface area contributed by atoms with Crippen molar-refractivity contribution >= 4 is 11.8 Å². The minimum Gasteiger partial charge on any atom is -0.375 e. The fourth-order valence-corrected chi connectivity index (χ4v) is 4.35. The Bertz CT molecular complexity index is 1030. The minimum atomic E-state index is -0.256. The molecule has 4 rings (SSSR count). The van der Waals surface area contributed by atoms with E-state index in [1.165, 1.54) is 7.11 Å². The number of hydrogen-bond donors (Lipinski definition) is 1. The van der Waals surface area contributed by atoms with Gasteiger partial charge < -0.3 is 19.5 Å². The molecule has 1 fully saturated rings. The van der Waals surface area contributed by atoms with Gasteiger partial charge in [-0.2, -0.15) is 0 Å². The third-order valence-electron chi connectivity index (χ3n) is 6.09. The van der Waals surface area contributed by atoms with Gasteiger partial charge in [0.05, 0.1) is 23.8 Å². The van der Waals surface area contributed by atoms with Gasteiger partial charge in [-0.15, -0.1) is 0 Å². The van der Waals surface area contributed by atoms with E-state index in [1.807, 2.05) is 36.1 Å². The highest BCUT2D eigenvalue weighted by molar-refractivity contribution is 5.94.